The van der Waals surface area contributed by atoms with Crippen LogP contribution in [-0.2, 0) is 0 Å². The molecular formula is C32H30O2Si. The quantitative estimate of drug-likeness (QED) is 0.263. The molecule has 0 unspecified atom stereocenters. The lowest BCUT2D eigenvalue weighted by Crippen LogP contribution is -2.29. The molecular weight excluding hydrogens is 444 g/mol. The van der Waals surface area contributed by atoms with Gasteiger partial charge in [-0.3, -0.25) is 0 Å². The summed E-state index contributed by atoms with van der Waals surface area (Å²) >= 11 is 0. The second-order valence-electron chi connectivity index (χ2n) is 9.26. The smallest absolute Gasteiger partial charge is 0.125 e. The molecule has 1 heterocycles. The highest BCUT2D eigenvalue weighted by Gasteiger charge is 2.45. The predicted octanol–water partition coefficient (Wildman–Crippen LogP) is 8.03. The maximum absolute atomic E-state index is 5.91. The second-order valence-corrected chi connectivity index (χ2v) is 13.5. The van der Waals surface area contributed by atoms with Gasteiger partial charge in [0.2, 0.25) is 0 Å². The lowest BCUT2D eigenvalue weighted by atomic mass is 9.89. The molecule has 35 heavy (non-hydrogen) atoms. The van der Waals surface area contributed by atoms with E-state index in [0.717, 1.165) is 11.5 Å². The molecule has 4 aromatic rings. The van der Waals surface area contributed by atoms with Crippen molar-refractivity contribution >= 4 is 29.6 Å². The highest BCUT2D eigenvalue weighted by molar-refractivity contribution is 7.13. The average Bonchev–Trinajstić information content (AvgIpc) is 3.16. The van der Waals surface area contributed by atoms with Crippen molar-refractivity contribution in [2.24, 2.45) is 0 Å². The lowest BCUT2D eigenvalue weighted by Gasteiger charge is -2.28. The standard InChI is InChI=1S/C32H30O2Si/c1-33-27-21-13-11-19-25(27)31-29(23-15-7-5-8-16-23)30(24-17-9-6-10-18-24)32(35(31,3)4)26-20-12-14-22-28(26)34-2/h5-22H,1-4H3. The zero-order valence-corrected chi connectivity index (χ0v) is 21.7. The summed E-state index contributed by atoms with van der Waals surface area (Å²) in [6.45, 7) is 4.91. The Hall–Kier alpha value is -3.82. The molecule has 0 fully saturated rings. The Kier molecular flexibility index (Phi) is 6.19. The van der Waals surface area contributed by atoms with E-state index in [1.165, 1.54) is 43.8 Å². The van der Waals surface area contributed by atoms with Gasteiger partial charge < -0.3 is 9.47 Å². The summed E-state index contributed by atoms with van der Waals surface area (Å²) in [7, 11) is 1.25. The molecule has 0 saturated carbocycles. The Bertz CT molecular complexity index is 1310. The SMILES string of the molecule is COc1ccccc1C1=C(c2ccccc2)C(c2ccccc2)=C(c2ccccc2OC)[Si]1(C)C. The molecule has 4 aromatic carbocycles. The van der Waals surface area contributed by atoms with E-state index in [1.807, 2.05) is 12.1 Å². The zero-order chi connectivity index (χ0) is 24.4. The van der Waals surface area contributed by atoms with Crippen LogP contribution < -0.4 is 9.47 Å². The minimum absolute atomic E-state index is 0.908. The van der Waals surface area contributed by atoms with Crippen molar-refractivity contribution in [1.82, 2.24) is 0 Å². The number of methoxy groups -OCH3 is 2. The van der Waals surface area contributed by atoms with E-state index in [4.69, 9.17) is 9.47 Å². The Balaban J connectivity index is 1.95. The molecule has 1 aliphatic heterocycles. The first-order valence-electron chi connectivity index (χ1n) is 12.0. The summed E-state index contributed by atoms with van der Waals surface area (Å²) in [5, 5.41) is 2.78. The third-order valence-corrected chi connectivity index (χ3v) is 10.4. The molecule has 0 aliphatic carbocycles. The van der Waals surface area contributed by atoms with Gasteiger partial charge in [0.25, 0.3) is 0 Å². The van der Waals surface area contributed by atoms with E-state index in [-0.39, 0.29) is 0 Å². The van der Waals surface area contributed by atoms with Crippen LogP contribution in [0, 0.1) is 0 Å². The Labute approximate surface area is 209 Å². The van der Waals surface area contributed by atoms with Crippen LogP contribution in [-0.4, -0.2) is 22.3 Å². The van der Waals surface area contributed by atoms with Crippen LogP contribution in [0.4, 0.5) is 0 Å². The molecule has 0 saturated heterocycles. The van der Waals surface area contributed by atoms with E-state index >= 15 is 0 Å². The summed E-state index contributed by atoms with van der Waals surface area (Å²) in [4.78, 5) is 0. The van der Waals surface area contributed by atoms with Gasteiger partial charge >= 0.3 is 0 Å². The number of benzene rings is 4. The molecule has 0 bridgehead atoms. The van der Waals surface area contributed by atoms with Crippen molar-refractivity contribution in [2.45, 2.75) is 13.1 Å². The average molecular weight is 475 g/mol. The number of hydrogen-bond donors (Lipinski definition) is 0. The van der Waals surface area contributed by atoms with Crippen LogP contribution in [0.3, 0.4) is 0 Å². The van der Waals surface area contributed by atoms with E-state index in [2.05, 4.69) is 110 Å². The fourth-order valence-corrected chi connectivity index (χ4v) is 9.23. The van der Waals surface area contributed by atoms with Crippen molar-refractivity contribution in [3.05, 3.63) is 131 Å². The van der Waals surface area contributed by atoms with Gasteiger partial charge in [-0.25, -0.2) is 0 Å². The van der Waals surface area contributed by atoms with Crippen LogP contribution >= 0.6 is 0 Å². The minimum atomic E-state index is -2.27. The van der Waals surface area contributed by atoms with Gasteiger partial charge in [-0.15, -0.1) is 0 Å². The largest absolute Gasteiger partial charge is 0.496 e. The van der Waals surface area contributed by atoms with Crippen LogP contribution in [0.1, 0.15) is 22.3 Å². The maximum atomic E-state index is 5.91. The molecule has 2 nitrogen and oxygen atoms in total. The fourth-order valence-electron chi connectivity index (χ4n) is 5.43. The van der Waals surface area contributed by atoms with Crippen molar-refractivity contribution in [2.75, 3.05) is 14.2 Å². The molecule has 0 N–H and O–H groups in total. The van der Waals surface area contributed by atoms with Gasteiger partial charge in [-0.1, -0.05) is 110 Å². The van der Waals surface area contributed by atoms with E-state index < -0.39 is 8.07 Å². The number of rotatable bonds is 6. The summed E-state index contributed by atoms with van der Waals surface area (Å²) in [6, 6.07) is 38.4. The monoisotopic (exact) mass is 474 g/mol. The molecule has 3 heteroatoms. The highest BCUT2D eigenvalue weighted by atomic mass is 28.3. The number of ether oxygens (including phenoxy) is 2. The number of hydrogen-bond acceptors (Lipinski definition) is 2. The molecule has 174 valence electrons. The van der Waals surface area contributed by atoms with E-state index in [0.29, 0.717) is 0 Å². The molecule has 0 amide bonds. The summed E-state index contributed by atoms with van der Waals surface area (Å²) in [5.74, 6) is 1.82. The van der Waals surface area contributed by atoms with Gasteiger partial charge in [0, 0.05) is 11.1 Å². The van der Waals surface area contributed by atoms with Gasteiger partial charge in [-0.05, 0) is 44.8 Å². The molecule has 0 aromatic heterocycles. The van der Waals surface area contributed by atoms with Crippen LogP contribution in [0.2, 0.25) is 13.1 Å². The normalized spacial score (nSPS) is 14.9. The van der Waals surface area contributed by atoms with Gasteiger partial charge in [0.1, 0.15) is 19.6 Å². The number of allylic oxidation sites excluding steroid dienone is 2. The van der Waals surface area contributed by atoms with E-state index in [1.54, 1.807) is 14.2 Å². The first kappa shape index (κ1) is 22.9. The summed E-state index contributed by atoms with van der Waals surface area (Å²) in [5.41, 5.74) is 7.36. The second kappa shape index (κ2) is 9.44. The first-order chi connectivity index (χ1) is 17.1. The van der Waals surface area contributed by atoms with Gasteiger partial charge in [0.15, 0.2) is 0 Å². The summed E-state index contributed by atoms with van der Waals surface area (Å²) in [6.07, 6.45) is 0. The fraction of sp³-hybridized carbons (Fsp3) is 0.125. The van der Waals surface area contributed by atoms with Gasteiger partial charge in [-0.2, -0.15) is 0 Å². The van der Waals surface area contributed by atoms with Crippen LogP contribution in [0.25, 0.3) is 21.5 Å². The molecule has 0 spiro atoms. The number of para-hydroxylation sites is 2. The predicted molar refractivity (Wildman–Crippen MR) is 150 cm³/mol. The maximum Gasteiger partial charge on any atom is 0.125 e. The lowest BCUT2D eigenvalue weighted by molar-refractivity contribution is 0.413. The summed E-state index contributed by atoms with van der Waals surface area (Å²) < 4.78 is 11.8. The zero-order valence-electron chi connectivity index (χ0n) is 20.7. The van der Waals surface area contributed by atoms with Crippen molar-refractivity contribution in [3.8, 4) is 11.5 Å². The highest BCUT2D eigenvalue weighted by Crippen LogP contribution is 2.57. The van der Waals surface area contributed by atoms with Gasteiger partial charge in [0.05, 0.1) is 14.2 Å². The van der Waals surface area contributed by atoms with E-state index in [9.17, 15) is 0 Å². The van der Waals surface area contributed by atoms with Crippen LogP contribution in [0.15, 0.2) is 109 Å². The van der Waals surface area contributed by atoms with Crippen LogP contribution in [0.5, 0.6) is 11.5 Å². The molecule has 5 rings (SSSR count). The Morgan fingerprint density at radius 2 is 0.800 bits per heavy atom. The molecule has 0 atom stereocenters. The Morgan fingerprint density at radius 3 is 1.17 bits per heavy atom. The molecule has 0 radical (unpaired) electrons. The third-order valence-electron chi connectivity index (χ3n) is 6.88. The molecule has 1 aliphatic rings. The topological polar surface area (TPSA) is 18.5 Å². The van der Waals surface area contributed by atoms with Crippen molar-refractivity contribution in [3.63, 3.8) is 0 Å². The Morgan fingerprint density at radius 1 is 0.457 bits per heavy atom. The van der Waals surface area contributed by atoms with Crippen molar-refractivity contribution < 1.29 is 9.47 Å². The first-order valence-corrected chi connectivity index (χ1v) is 15.0. The minimum Gasteiger partial charge on any atom is -0.496 e. The van der Waals surface area contributed by atoms with Crippen molar-refractivity contribution in [1.29, 1.82) is 0 Å². The third kappa shape index (κ3) is 3.92.